The Morgan fingerprint density at radius 1 is 1.04 bits per heavy atom. The molecule has 0 aliphatic carbocycles. The lowest BCUT2D eigenvalue weighted by atomic mass is 10.1. The molecule has 0 amide bonds. The van der Waals surface area contributed by atoms with Crippen molar-refractivity contribution < 1.29 is 14.2 Å². The first-order valence-corrected chi connectivity index (χ1v) is 9.04. The maximum atomic E-state index is 5.89. The average Bonchev–Trinajstić information content (AvgIpc) is 2.72. The Kier molecular flexibility index (Phi) is 8.45. The van der Waals surface area contributed by atoms with Crippen LogP contribution >= 0.6 is 0 Å². The third-order valence-corrected chi connectivity index (χ3v) is 4.12. The first-order chi connectivity index (χ1) is 13.2. The SMILES string of the molecule is CN=C(NCCCOC(C)c1ccccc1)Nc1ccc(OC)c(OC)c1. The number of rotatable bonds is 9. The van der Waals surface area contributed by atoms with E-state index in [1.807, 2.05) is 36.4 Å². The number of guanidine groups is 1. The molecule has 0 aliphatic rings. The average molecular weight is 371 g/mol. The highest BCUT2D eigenvalue weighted by Crippen LogP contribution is 2.29. The standard InChI is InChI=1S/C21H29N3O3/c1-16(17-9-6-5-7-10-17)27-14-8-13-23-21(22-2)24-18-11-12-19(25-3)20(15-18)26-4/h5-7,9-12,15-16H,8,13-14H2,1-4H3,(H2,22,23,24). The van der Waals surface area contributed by atoms with Crippen LogP contribution in [0.1, 0.15) is 25.0 Å². The zero-order valence-corrected chi connectivity index (χ0v) is 16.5. The van der Waals surface area contributed by atoms with Gasteiger partial charge < -0.3 is 24.8 Å². The fourth-order valence-electron chi connectivity index (χ4n) is 2.59. The summed E-state index contributed by atoms with van der Waals surface area (Å²) < 4.78 is 16.5. The molecule has 0 heterocycles. The van der Waals surface area contributed by atoms with Crippen LogP contribution < -0.4 is 20.1 Å². The molecule has 6 nitrogen and oxygen atoms in total. The van der Waals surface area contributed by atoms with E-state index < -0.39 is 0 Å². The molecule has 146 valence electrons. The maximum Gasteiger partial charge on any atom is 0.195 e. The highest BCUT2D eigenvalue weighted by atomic mass is 16.5. The van der Waals surface area contributed by atoms with E-state index >= 15 is 0 Å². The minimum absolute atomic E-state index is 0.0930. The van der Waals surface area contributed by atoms with Crippen molar-refractivity contribution in [2.45, 2.75) is 19.4 Å². The lowest BCUT2D eigenvalue weighted by Crippen LogP contribution is -2.32. The fraction of sp³-hybridized carbons (Fsp3) is 0.381. The molecule has 2 rings (SSSR count). The van der Waals surface area contributed by atoms with E-state index in [2.05, 4.69) is 34.7 Å². The van der Waals surface area contributed by atoms with Crippen molar-refractivity contribution in [3.63, 3.8) is 0 Å². The second-order valence-electron chi connectivity index (χ2n) is 5.97. The van der Waals surface area contributed by atoms with Gasteiger partial charge in [0.25, 0.3) is 0 Å². The van der Waals surface area contributed by atoms with Gasteiger partial charge in [-0.05, 0) is 31.0 Å². The Hall–Kier alpha value is -2.73. The Morgan fingerprint density at radius 2 is 1.78 bits per heavy atom. The van der Waals surface area contributed by atoms with Crippen molar-refractivity contribution in [3.8, 4) is 11.5 Å². The first kappa shape index (κ1) is 20.6. The number of methoxy groups -OCH3 is 2. The summed E-state index contributed by atoms with van der Waals surface area (Å²) in [7, 11) is 4.97. The summed E-state index contributed by atoms with van der Waals surface area (Å²) in [6.07, 6.45) is 0.972. The van der Waals surface area contributed by atoms with Crippen LogP contribution in [0.25, 0.3) is 0 Å². The maximum absolute atomic E-state index is 5.89. The van der Waals surface area contributed by atoms with Gasteiger partial charge in [0, 0.05) is 32.0 Å². The molecular formula is C21H29N3O3. The molecule has 6 heteroatoms. The second-order valence-corrected chi connectivity index (χ2v) is 5.97. The molecule has 0 saturated carbocycles. The van der Waals surface area contributed by atoms with Crippen molar-refractivity contribution in [1.82, 2.24) is 5.32 Å². The molecule has 0 fully saturated rings. The number of nitrogens with zero attached hydrogens (tertiary/aromatic N) is 1. The summed E-state index contributed by atoms with van der Waals surface area (Å²) in [4.78, 5) is 4.24. The quantitative estimate of drug-likeness (QED) is 0.398. The number of nitrogens with one attached hydrogen (secondary N) is 2. The molecule has 1 atom stereocenters. The molecule has 0 saturated heterocycles. The van der Waals surface area contributed by atoms with E-state index in [4.69, 9.17) is 14.2 Å². The predicted molar refractivity (Wildman–Crippen MR) is 110 cm³/mol. The predicted octanol–water partition coefficient (Wildman–Crippen LogP) is 3.86. The third kappa shape index (κ3) is 6.49. The summed E-state index contributed by atoms with van der Waals surface area (Å²) in [5.74, 6) is 2.05. The zero-order chi connectivity index (χ0) is 19.5. The summed E-state index contributed by atoms with van der Waals surface area (Å²) in [6.45, 7) is 3.51. The van der Waals surface area contributed by atoms with E-state index in [0.29, 0.717) is 24.1 Å². The van der Waals surface area contributed by atoms with Gasteiger partial charge in [-0.3, -0.25) is 4.99 Å². The van der Waals surface area contributed by atoms with Gasteiger partial charge in [0.1, 0.15) is 0 Å². The largest absolute Gasteiger partial charge is 0.493 e. The van der Waals surface area contributed by atoms with Crippen molar-refractivity contribution in [2.24, 2.45) is 4.99 Å². The van der Waals surface area contributed by atoms with Crippen molar-refractivity contribution in [3.05, 3.63) is 54.1 Å². The van der Waals surface area contributed by atoms with Gasteiger partial charge in [0.15, 0.2) is 17.5 Å². The van der Waals surface area contributed by atoms with Gasteiger partial charge in [-0.1, -0.05) is 30.3 Å². The van der Waals surface area contributed by atoms with Crippen LogP contribution in [0, 0.1) is 0 Å². The van der Waals surface area contributed by atoms with Gasteiger partial charge in [0.05, 0.1) is 20.3 Å². The van der Waals surface area contributed by atoms with E-state index in [9.17, 15) is 0 Å². The molecule has 0 radical (unpaired) electrons. The molecule has 2 N–H and O–H groups in total. The number of anilines is 1. The van der Waals surface area contributed by atoms with Crippen LogP contribution in [-0.4, -0.2) is 40.4 Å². The van der Waals surface area contributed by atoms with Gasteiger partial charge in [-0.25, -0.2) is 0 Å². The first-order valence-electron chi connectivity index (χ1n) is 9.04. The molecule has 0 aromatic heterocycles. The Bertz CT molecular complexity index is 720. The topological polar surface area (TPSA) is 64.1 Å². The van der Waals surface area contributed by atoms with Crippen LogP contribution in [0.2, 0.25) is 0 Å². The molecule has 2 aromatic rings. The van der Waals surface area contributed by atoms with Gasteiger partial charge >= 0.3 is 0 Å². The lowest BCUT2D eigenvalue weighted by molar-refractivity contribution is 0.0646. The summed E-state index contributed by atoms with van der Waals surface area (Å²) in [6, 6.07) is 15.9. The fourth-order valence-corrected chi connectivity index (χ4v) is 2.59. The Labute approximate surface area is 161 Å². The van der Waals surface area contributed by atoms with Crippen molar-refractivity contribution >= 4 is 11.6 Å². The smallest absolute Gasteiger partial charge is 0.195 e. The van der Waals surface area contributed by atoms with Crippen LogP contribution in [-0.2, 0) is 4.74 Å². The van der Waals surface area contributed by atoms with Gasteiger partial charge in [-0.15, -0.1) is 0 Å². The van der Waals surface area contributed by atoms with E-state index in [1.165, 1.54) is 5.56 Å². The van der Waals surface area contributed by atoms with Crippen LogP contribution in [0.5, 0.6) is 11.5 Å². The van der Waals surface area contributed by atoms with Gasteiger partial charge in [0.2, 0.25) is 0 Å². The molecule has 0 bridgehead atoms. The molecule has 0 spiro atoms. The monoisotopic (exact) mass is 371 g/mol. The van der Waals surface area contributed by atoms with Crippen molar-refractivity contribution in [2.75, 3.05) is 39.7 Å². The third-order valence-electron chi connectivity index (χ3n) is 4.12. The molecule has 1 unspecified atom stereocenters. The van der Waals surface area contributed by atoms with E-state index in [-0.39, 0.29) is 6.10 Å². The minimum Gasteiger partial charge on any atom is -0.493 e. The van der Waals surface area contributed by atoms with Crippen LogP contribution in [0.3, 0.4) is 0 Å². The van der Waals surface area contributed by atoms with Gasteiger partial charge in [-0.2, -0.15) is 0 Å². The number of hydrogen-bond donors (Lipinski definition) is 2. The lowest BCUT2D eigenvalue weighted by Gasteiger charge is -2.15. The molecule has 0 aliphatic heterocycles. The Morgan fingerprint density at radius 3 is 2.44 bits per heavy atom. The highest BCUT2D eigenvalue weighted by molar-refractivity contribution is 5.93. The minimum atomic E-state index is 0.0930. The van der Waals surface area contributed by atoms with Crippen LogP contribution in [0.15, 0.2) is 53.5 Å². The molecule has 2 aromatic carbocycles. The van der Waals surface area contributed by atoms with Crippen molar-refractivity contribution in [1.29, 1.82) is 0 Å². The summed E-state index contributed by atoms with van der Waals surface area (Å²) in [5, 5.41) is 6.53. The normalized spacial score (nSPS) is 12.4. The Balaban J connectivity index is 1.74. The summed E-state index contributed by atoms with van der Waals surface area (Å²) >= 11 is 0. The number of ether oxygens (including phenoxy) is 3. The molecular weight excluding hydrogens is 342 g/mol. The number of aliphatic imine (C=N–C) groups is 1. The van der Waals surface area contributed by atoms with E-state index in [0.717, 1.165) is 18.7 Å². The zero-order valence-electron chi connectivity index (χ0n) is 16.5. The van der Waals surface area contributed by atoms with Crippen LogP contribution in [0.4, 0.5) is 5.69 Å². The van der Waals surface area contributed by atoms with E-state index in [1.54, 1.807) is 21.3 Å². The molecule has 27 heavy (non-hydrogen) atoms. The highest BCUT2D eigenvalue weighted by Gasteiger charge is 2.07. The number of hydrogen-bond acceptors (Lipinski definition) is 4. The summed E-state index contributed by atoms with van der Waals surface area (Å²) in [5.41, 5.74) is 2.06. The number of benzene rings is 2. The second kappa shape index (κ2) is 11.1.